The van der Waals surface area contributed by atoms with Crippen molar-refractivity contribution in [2.45, 2.75) is 20.4 Å². The van der Waals surface area contributed by atoms with Crippen LogP contribution >= 0.6 is 23.7 Å². The molecule has 1 heterocycles. The molecule has 0 aliphatic heterocycles. The molecule has 0 atom stereocenters. The molecule has 2 aromatic rings. The number of hydrogen-bond acceptors (Lipinski definition) is 5. The van der Waals surface area contributed by atoms with Crippen LogP contribution in [0.1, 0.15) is 11.1 Å². The van der Waals surface area contributed by atoms with Crippen LogP contribution in [0.2, 0.25) is 0 Å². The summed E-state index contributed by atoms with van der Waals surface area (Å²) in [6.07, 6.45) is 1.63. The van der Waals surface area contributed by atoms with Crippen molar-refractivity contribution in [2.24, 2.45) is 0 Å². The minimum Gasteiger partial charge on any atom is -0.319 e. The Morgan fingerprint density at radius 2 is 2.05 bits per heavy atom. The third-order valence-electron chi connectivity index (χ3n) is 3.08. The molecule has 0 fully saturated rings. The van der Waals surface area contributed by atoms with Gasteiger partial charge in [-0.05, 0) is 31.0 Å². The Morgan fingerprint density at radius 3 is 2.59 bits per heavy atom. The lowest BCUT2D eigenvalue weighted by Gasteiger charge is -2.09. The number of benzene rings is 1. The second-order valence-electron chi connectivity index (χ2n) is 4.59. The van der Waals surface area contributed by atoms with E-state index in [4.69, 9.17) is 5.41 Å². The van der Waals surface area contributed by atoms with E-state index in [0.717, 1.165) is 11.1 Å². The van der Waals surface area contributed by atoms with Gasteiger partial charge < -0.3 is 9.88 Å². The van der Waals surface area contributed by atoms with Gasteiger partial charge in [0.1, 0.15) is 12.2 Å². The van der Waals surface area contributed by atoms with E-state index in [1.54, 1.807) is 24.6 Å². The molecule has 0 saturated carbocycles. The highest BCUT2D eigenvalue weighted by molar-refractivity contribution is 7.06. The van der Waals surface area contributed by atoms with Crippen molar-refractivity contribution in [1.82, 2.24) is 4.57 Å². The molecule has 0 saturated heterocycles. The summed E-state index contributed by atoms with van der Waals surface area (Å²) in [5.41, 5.74) is 1.70. The van der Waals surface area contributed by atoms with E-state index in [1.165, 1.54) is 22.0 Å². The number of anilines is 1. The van der Waals surface area contributed by atoms with Gasteiger partial charge in [0.2, 0.25) is 5.91 Å². The van der Waals surface area contributed by atoms with E-state index < -0.39 is 10.8 Å². The predicted molar refractivity (Wildman–Crippen MR) is 86.6 cm³/mol. The van der Waals surface area contributed by atoms with Gasteiger partial charge >= 0.3 is 0 Å². The molecule has 0 unspecified atom stereocenters. The molecular formula is C13H15ClN4O3S. The molecule has 0 aliphatic rings. The van der Waals surface area contributed by atoms with Crippen molar-refractivity contribution < 1.29 is 9.72 Å². The molecule has 2 rings (SSSR count). The second-order valence-corrected chi connectivity index (χ2v) is 5.49. The number of hydrogen-bond donors (Lipinski definition) is 2. The van der Waals surface area contributed by atoms with E-state index in [-0.39, 0.29) is 35.1 Å². The molecule has 118 valence electrons. The van der Waals surface area contributed by atoms with Crippen LogP contribution in [0, 0.1) is 29.4 Å². The zero-order chi connectivity index (χ0) is 15.6. The third kappa shape index (κ3) is 3.92. The lowest BCUT2D eigenvalue weighted by Crippen LogP contribution is -2.24. The summed E-state index contributed by atoms with van der Waals surface area (Å²) in [5.74, 6) is -0.404. The number of nitrogens with zero attached hydrogens (tertiary/aromatic N) is 2. The third-order valence-corrected chi connectivity index (χ3v) is 3.79. The van der Waals surface area contributed by atoms with Gasteiger partial charge in [0.15, 0.2) is 4.80 Å². The summed E-state index contributed by atoms with van der Waals surface area (Å²) in [6.45, 7) is 3.55. The molecule has 1 aromatic heterocycles. The fourth-order valence-corrected chi connectivity index (χ4v) is 2.42. The van der Waals surface area contributed by atoms with Crippen molar-refractivity contribution >= 4 is 41.0 Å². The number of carbonyl (C=O) groups excluding carboxylic acids is 1. The minimum absolute atomic E-state index is 0. The standard InChI is InChI=1S/C13H14N4O3S.ClH/c1-8-5-10(11(17(19)20)6-9(8)2)15-12(18)7-16-3-4-21-13(16)14;/h3-6,14H,7H2,1-2H3,(H,15,18);1H. The lowest BCUT2D eigenvalue weighted by atomic mass is 10.1. The summed E-state index contributed by atoms with van der Waals surface area (Å²) in [6, 6.07) is 3.03. The number of aromatic nitrogens is 1. The summed E-state index contributed by atoms with van der Waals surface area (Å²) in [5, 5.41) is 22.9. The zero-order valence-electron chi connectivity index (χ0n) is 12.0. The molecule has 0 spiro atoms. The van der Waals surface area contributed by atoms with Gasteiger partial charge in [-0.15, -0.1) is 23.7 Å². The van der Waals surface area contributed by atoms with Gasteiger partial charge in [-0.1, -0.05) is 0 Å². The number of halogens is 1. The lowest BCUT2D eigenvalue weighted by molar-refractivity contribution is -0.384. The van der Waals surface area contributed by atoms with Crippen LogP contribution in [-0.4, -0.2) is 15.4 Å². The van der Waals surface area contributed by atoms with Crippen LogP contribution in [0.5, 0.6) is 0 Å². The highest BCUT2D eigenvalue weighted by Gasteiger charge is 2.17. The Hall–Kier alpha value is -2.19. The Kier molecular flexibility index (Phi) is 5.84. The van der Waals surface area contributed by atoms with Crippen LogP contribution in [0.15, 0.2) is 23.7 Å². The first kappa shape index (κ1) is 17.9. The first-order valence-corrected chi connectivity index (χ1v) is 7.00. The first-order chi connectivity index (χ1) is 9.88. The van der Waals surface area contributed by atoms with Gasteiger partial charge in [-0.25, -0.2) is 0 Å². The Bertz CT molecular complexity index is 769. The molecule has 22 heavy (non-hydrogen) atoms. The largest absolute Gasteiger partial charge is 0.319 e. The van der Waals surface area contributed by atoms with Crippen molar-refractivity contribution in [3.05, 3.63) is 49.8 Å². The fourth-order valence-electron chi connectivity index (χ4n) is 1.82. The molecular weight excluding hydrogens is 328 g/mol. The van der Waals surface area contributed by atoms with Gasteiger partial charge in [0.25, 0.3) is 5.69 Å². The van der Waals surface area contributed by atoms with Crippen molar-refractivity contribution in [3.8, 4) is 0 Å². The number of rotatable bonds is 4. The highest BCUT2D eigenvalue weighted by Crippen LogP contribution is 2.27. The molecule has 1 aromatic carbocycles. The summed E-state index contributed by atoms with van der Waals surface area (Å²) >= 11 is 1.21. The number of nitro groups is 1. The van der Waals surface area contributed by atoms with Crippen LogP contribution in [0.4, 0.5) is 11.4 Å². The average molecular weight is 343 g/mol. The van der Waals surface area contributed by atoms with Crippen LogP contribution < -0.4 is 10.1 Å². The summed E-state index contributed by atoms with van der Waals surface area (Å²) < 4.78 is 1.47. The number of amides is 1. The van der Waals surface area contributed by atoms with Crippen molar-refractivity contribution in [2.75, 3.05) is 5.32 Å². The number of thiazole rings is 1. The maximum absolute atomic E-state index is 12.0. The Morgan fingerprint density at radius 1 is 1.41 bits per heavy atom. The number of aryl methyl sites for hydroxylation is 2. The second kappa shape index (κ2) is 7.19. The maximum Gasteiger partial charge on any atom is 0.293 e. The Labute approximate surface area is 136 Å². The van der Waals surface area contributed by atoms with Gasteiger partial charge in [0, 0.05) is 17.6 Å². The van der Waals surface area contributed by atoms with E-state index in [1.807, 2.05) is 6.92 Å². The van der Waals surface area contributed by atoms with E-state index >= 15 is 0 Å². The van der Waals surface area contributed by atoms with Crippen LogP contribution in [0.25, 0.3) is 0 Å². The van der Waals surface area contributed by atoms with Gasteiger partial charge in [0.05, 0.1) is 4.92 Å². The maximum atomic E-state index is 12.0. The fraction of sp³-hybridized carbons (Fsp3) is 0.231. The van der Waals surface area contributed by atoms with Gasteiger partial charge in [-0.2, -0.15) is 0 Å². The van der Waals surface area contributed by atoms with E-state index in [0.29, 0.717) is 0 Å². The molecule has 9 heteroatoms. The van der Waals surface area contributed by atoms with E-state index in [2.05, 4.69) is 5.32 Å². The highest BCUT2D eigenvalue weighted by atomic mass is 35.5. The van der Waals surface area contributed by atoms with E-state index in [9.17, 15) is 14.9 Å². The molecule has 0 radical (unpaired) electrons. The van der Waals surface area contributed by atoms with Crippen LogP contribution in [-0.2, 0) is 11.3 Å². The SMILES string of the molecule is Cc1cc(NC(=O)Cn2ccsc2=N)c([N+](=O)[O-])cc1C.Cl. The normalized spacial score (nSPS) is 9.91. The molecule has 7 nitrogen and oxygen atoms in total. The number of nitro benzene ring substituents is 1. The molecule has 2 N–H and O–H groups in total. The Balaban J connectivity index is 0.00000242. The number of nitrogens with one attached hydrogen (secondary N) is 2. The van der Waals surface area contributed by atoms with Gasteiger partial charge in [-0.3, -0.25) is 20.3 Å². The summed E-state index contributed by atoms with van der Waals surface area (Å²) in [4.78, 5) is 22.8. The summed E-state index contributed by atoms with van der Waals surface area (Å²) in [7, 11) is 0. The smallest absolute Gasteiger partial charge is 0.293 e. The molecule has 0 aliphatic carbocycles. The molecule has 0 bridgehead atoms. The van der Waals surface area contributed by atoms with Crippen molar-refractivity contribution in [1.29, 1.82) is 5.41 Å². The number of carbonyl (C=O) groups is 1. The minimum atomic E-state index is -0.518. The first-order valence-electron chi connectivity index (χ1n) is 6.12. The topological polar surface area (TPSA) is 101 Å². The van der Waals surface area contributed by atoms with Crippen LogP contribution in [0.3, 0.4) is 0 Å². The monoisotopic (exact) mass is 342 g/mol. The predicted octanol–water partition coefficient (Wildman–Crippen LogP) is 2.61. The van der Waals surface area contributed by atoms with Crippen molar-refractivity contribution in [3.63, 3.8) is 0 Å². The molecule has 1 amide bonds. The average Bonchev–Trinajstić information content (AvgIpc) is 2.78. The quantitative estimate of drug-likeness (QED) is 0.659. The zero-order valence-corrected chi connectivity index (χ0v) is 13.6.